The van der Waals surface area contributed by atoms with Crippen molar-refractivity contribution >= 4 is 27.3 Å². The number of benzene rings is 1. The molecule has 1 aromatic rings. The van der Waals surface area contributed by atoms with Crippen molar-refractivity contribution in [2.75, 3.05) is 18.0 Å². The van der Waals surface area contributed by atoms with Crippen LogP contribution >= 0.6 is 15.9 Å². The number of rotatable bonds is 3. The summed E-state index contributed by atoms with van der Waals surface area (Å²) in [5.41, 5.74) is -0.0603. The van der Waals surface area contributed by atoms with E-state index in [1.807, 2.05) is 11.8 Å². The second-order valence-corrected chi connectivity index (χ2v) is 5.24. The standard InChI is InChI=1S/C11H13BrN2O3/c1-2-11(15)6-13(7-11)9-4-3-8(12)5-10(9)14(16)17/h3-5,15H,2,6-7H2,1H3. The minimum atomic E-state index is -0.694. The Hall–Kier alpha value is -1.14. The third kappa shape index (κ3) is 2.28. The summed E-state index contributed by atoms with van der Waals surface area (Å²) in [5.74, 6) is 0. The summed E-state index contributed by atoms with van der Waals surface area (Å²) >= 11 is 3.22. The fourth-order valence-corrected chi connectivity index (χ4v) is 2.32. The summed E-state index contributed by atoms with van der Waals surface area (Å²) in [4.78, 5) is 12.4. The highest BCUT2D eigenvalue weighted by Gasteiger charge is 2.41. The third-order valence-electron chi connectivity index (χ3n) is 3.10. The first-order valence-electron chi connectivity index (χ1n) is 5.36. The van der Waals surface area contributed by atoms with Crippen LogP contribution in [0.2, 0.25) is 0 Å². The molecule has 1 aliphatic rings. The number of aliphatic hydroxyl groups is 1. The largest absolute Gasteiger partial charge is 0.386 e. The minimum Gasteiger partial charge on any atom is -0.386 e. The number of β-amino-alcohol motifs (C(OH)–C–C–N with tert-alkyl or cyclic N) is 1. The van der Waals surface area contributed by atoms with Gasteiger partial charge in [-0.1, -0.05) is 22.9 Å². The molecule has 17 heavy (non-hydrogen) atoms. The van der Waals surface area contributed by atoms with Crippen LogP contribution in [-0.4, -0.2) is 28.7 Å². The van der Waals surface area contributed by atoms with Gasteiger partial charge in [0.15, 0.2) is 0 Å². The lowest BCUT2D eigenvalue weighted by Gasteiger charge is -2.47. The lowest BCUT2D eigenvalue weighted by Crippen LogP contribution is -2.61. The van der Waals surface area contributed by atoms with E-state index in [4.69, 9.17) is 0 Å². The fourth-order valence-electron chi connectivity index (χ4n) is 1.97. The molecule has 1 heterocycles. The van der Waals surface area contributed by atoms with E-state index in [9.17, 15) is 15.2 Å². The van der Waals surface area contributed by atoms with Crippen molar-refractivity contribution in [2.24, 2.45) is 0 Å². The van der Waals surface area contributed by atoms with E-state index in [0.717, 1.165) is 0 Å². The molecule has 92 valence electrons. The maximum absolute atomic E-state index is 10.9. The topological polar surface area (TPSA) is 66.6 Å². The highest BCUT2D eigenvalue weighted by Crippen LogP contribution is 2.37. The van der Waals surface area contributed by atoms with Crippen LogP contribution in [0.25, 0.3) is 0 Å². The van der Waals surface area contributed by atoms with Crippen molar-refractivity contribution in [3.05, 3.63) is 32.8 Å². The quantitative estimate of drug-likeness (QED) is 0.687. The zero-order chi connectivity index (χ0) is 12.6. The zero-order valence-electron chi connectivity index (χ0n) is 9.39. The molecule has 0 radical (unpaired) electrons. The second kappa shape index (κ2) is 4.27. The first kappa shape index (κ1) is 12.3. The Morgan fingerprint density at radius 1 is 1.59 bits per heavy atom. The summed E-state index contributed by atoms with van der Waals surface area (Å²) in [5, 5.41) is 20.9. The van der Waals surface area contributed by atoms with Gasteiger partial charge in [-0.3, -0.25) is 10.1 Å². The van der Waals surface area contributed by atoms with Crippen molar-refractivity contribution in [3.63, 3.8) is 0 Å². The van der Waals surface area contributed by atoms with Gasteiger partial charge in [0.1, 0.15) is 5.69 Å². The van der Waals surface area contributed by atoms with Crippen LogP contribution in [0.15, 0.2) is 22.7 Å². The van der Waals surface area contributed by atoms with Gasteiger partial charge in [0.2, 0.25) is 0 Å². The van der Waals surface area contributed by atoms with Gasteiger partial charge >= 0.3 is 0 Å². The number of anilines is 1. The molecule has 1 saturated heterocycles. The van der Waals surface area contributed by atoms with E-state index >= 15 is 0 Å². The Labute approximate surface area is 107 Å². The average molecular weight is 301 g/mol. The molecule has 1 fully saturated rings. The van der Waals surface area contributed by atoms with Gasteiger partial charge in [-0.25, -0.2) is 0 Å². The van der Waals surface area contributed by atoms with E-state index in [2.05, 4.69) is 15.9 Å². The number of nitrogens with zero attached hydrogens (tertiary/aromatic N) is 2. The number of nitro groups is 1. The number of nitro benzene ring substituents is 1. The molecule has 0 amide bonds. The van der Waals surface area contributed by atoms with E-state index in [0.29, 0.717) is 29.7 Å². The van der Waals surface area contributed by atoms with E-state index < -0.39 is 10.5 Å². The summed E-state index contributed by atoms with van der Waals surface area (Å²) in [6.07, 6.45) is 0.661. The molecule has 0 aliphatic carbocycles. The van der Waals surface area contributed by atoms with Gasteiger partial charge in [-0.05, 0) is 18.6 Å². The molecule has 5 nitrogen and oxygen atoms in total. The van der Waals surface area contributed by atoms with Crippen LogP contribution < -0.4 is 4.90 Å². The van der Waals surface area contributed by atoms with Crippen LogP contribution in [0.1, 0.15) is 13.3 Å². The SMILES string of the molecule is CCC1(O)CN(c2ccc(Br)cc2[N+](=O)[O-])C1. The smallest absolute Gasteiger partial charge is 0.293 e. The maximum Gasteiger partial charge on any atom is 0.293 e. The molecule has 0 bridgehead atoms. The monoisotopic (exact) mass is 300 g/mol. The van der Waals surface area contributed by atoms with Gasteiger partial charge in [-0.2, -0.15) is 0 Å². The number of hydrogen-bond acceptors (Lipinski definition) is 4. The summed E-state index contributed by atoms with van der Waals surface area (Å²) < 4.78 is 0.680. The third-order valence-corrected chi connectivity index (χ3v) is 3.60. The maximum atomic E-state index is 10.9. The number of hydrogen-bond donors (Lipinski definition) is 1. The van der Waals surface area contributed by atoms with E-state index in [-0.39, 0.29) is 5.69 Å². The normalized spacial score (nSPS) is 17.7. The Bertz CT molecular complexity index is 458. The van der Waals surface area contributed by atoms with Gasteiger partial charge in [0.25, 0.3) is 5.69 Å². The molecule has 0 saturated carbocycles. The lowest BCUT2D eigenvalue weighted by atomic mass is 9.90. The van der Waals surface area contributed by atoms with Crippen molar-refractivity contribution < 1.29 is 10.0 Å². The van der Waals surface area contributed by atoms with Gasteiger partial charge in [0, 0.05) is 23.6 Å². The molecule has 1 aliphatic heterocycles. The van der Waals surface area contributed by atoms with Crippen molar-refractivity contribution in [3.8, 4) is 0 Å². The predicted molar refractivity (Wildman–Crippen MR) is 68.3 cm³/mol. The molecule has 1 N–H and O–H groups in total. The summed E-state index contributed by atoms with van der Waals surface area (Å²) in [7, 11) is 0. The van der Waals surface area contributed by atoms with E-state index in [1.54, 1.807) is 12.1 Å². The van der Waals surface area contributed by atoms with Crippen LogP contribution in [0, 0.1) is 10.1 Å². The Morgan fingerprint density at radius 2 is 2.24 bits per heavy atom. The fraction of sp³-hybridized carbons (Fsp3) is 0.455. The second-order valence-electron chi connectivity index (χ2n) is 4.32. The Kier molecular flexibility index (Phi) is 3.09. The average Bonchev–Trinajstić information content (AvgIpc) is 2.25. The zero-order valence-corrected chi connectivity index (χ0v) is 11.0. The number of halogens is 1. The molecule has 6 heteroatoms. The van der Waals surface area contributed by atoms with Gasteiger partial charge < -0.3 is 10.0 Å². The van der Waals surface area contributed by atoms with Crippen LogP contribution in [0.3, 0.4) is 0 Å². The minimum absolute atomic E-state index is 0.0672. The van der Waals surface area contributed by atoms with Crippen molar-refractivity contribution in [1.29, 1.82) is 0 Å². The molecular formula is C11H13BrN2O3. The summed E-state index contributed by atoms with van der Waals surface area (Å²) in [6, 6.07) is 4.96. The van der Waals surface area contributed by atoms with Crippen LogP contribution in [-0.2, 0) is 0 Å². The summed E-state index contributed by atoms with van der Waals surface area (Å²) in [6.45, 7) is 2.81. The first-order chi connectivity index (χ1) is 7.95. The predicted octanol–water partition coefficient (Wildman–Crippen LogP) is 2.32. The van der Waals surface area contributed by atoms with Crippen molar-refractivity contribution in [1.82, 2.24) is 0 Å². The Balaban J connectivity index is 2.26. The highest BCUT2D eigenvalue weighted by atomic mass is 79.9. The van der Waals surface area contributed by atoms with Crippen LogP contribution in [0.4, 0.5) is 11.4 Å². The first-order valence-corrected chi connectivity index (χ1v) is 6.16. The van der Waals surface area contributed by atoms with Crippen LogP contribution in [0.5, 0.6) is 0 Å². The molecule has 1 aromatic carbocycles. The van der Waals surface area contributed by atoms with Gasteiger partial charge in [-0.15, -0.1) is 0 Å². The Morgan fingerprint density at radius 3 is 2.76 bits per heavy atom. The molecule has 0 spiro atoms. The molecular weight excluding hydrogens is 288 g/mol. The molecule has 0 unspecified atom stereocenters. The lowest BCUT2D eigenvalue weighted by molar-refractivity contribution is -0.384. The van der Waals surface area contributed by atoms with Crippen molar-refractivity contribution in [2.45, 2.75) is 18.9 Å². The molecule has 0 aromatic heterocycles. The van der Waals surface area contributed by atoms with Gasteiger partial charge in [0.05, 0.1) is 10.5 Å². The van der Waals surface area contributed by atoms with E-state index in [1.165, 1.54) is 6.07 Å². The highest BCUT2D eigenvalue weighted by molar-refractivity contribution is 9.10. The molecule has 2 rings (SSSR count). The molecule has 0 atom stereocenters.